The number of likely N-dealkylation sites (N-methyl/N-ethyl adjacent to an activating group) is 1. The molecule has 0 atom stereocenters. The molecule has 0 unspecified atom stereocenters. The highest BCUT2D eigenvalue weighted by atomic mass is 35.5. The van der Waals surface area contributed by atoms with Crippen molar-refractivity contribution >= 4 is 34.8 Å². The molecule has 1 rings (SSSR count). The van der Waals surface area contributed by atoms with Gasteiger partial charge in [-0.1, -0.05) is 29.3 Å². The number of para-hydroxylation sites is 1. The number of amides is 1. The smallest absolute Gasteiger partial charge is 0.279 e. The predicted molar refractivity (Wildman–Crippen MR) is 62.4 cm³/mol. The average molecular weight is 248 g/mol. The van der Waals surface area contributed by atoms with Gasteiger partial charge in [-0.05, 0) is 19.1 Å². The zero-order valence-electron chi connectivity index (χ0n) is 8.39. The van der Waals surface area contributed by atoms with Gasteiger partial charge in [0, 0.05) is 0 Å². The molecule has 0 aliphatic carbocycles. The molecule has 0 fully saturated rings. The maximum Gasteiger partial charge on any atom is 0.279 e. The summed E-state index contributed by atoms with van der Waals surface area (Å²) in [7, 11) is 0. The van der Waals surface area contributed by atoms with E-state index in [4.69, 9.17) is 23.2 Å². The van der Waals surface area contributed by atoms with Crippen LogP contribution in [0, 0.1) is 0 Å². The van der Waals surface area contributed by atoms with Crippen LogP contribution < -0.4 is 10.6 Å². The van der Waals surface area contributed by atoms with Crippen LogP contribution in [0.15, 0.2) is 18.2 Å². The molecule has 5 heteroatoms. The molecule has 15 heavy (non-hydrogen) atoms. The summed E-state index contributed by atoms with van der Waals surface area (Å²) in [6, 6.07) is 5.11. The van der Waals surface area contributed by atoms with E-state index in [1.807, 2.05) is 12.2 Å². The van der Waals surface area contributed by atoms with Gasteiger partial charge in [0.05, 0.1) is 22.3 Å². The Hall–Kier alpha value is -0.770. The van der Waals surface area contributed by atoms with Crippen molar-refractivity contribution < 1.29 is 10.1 Å². The van der Waals surface area contributed by atoms with Crippen LogP contribution in [0.5, 0.6) is 0 Å². The Morgan fingerprint density at radius 2 is 2.00 bits per heavy atom. The molecule has 0 heterocycles. The zero-order chi connectivity index (χ0) is 11.3. The van der Waals surface area contributed by atoms with Gasteiger partial charge < -0.3 is 10.6 Å². The Kier molecular flexibility index (Phi) is 4.88. The summed E-state index contributed by atoms with van der Waals surface area (Å²) in [6.45, 7) is 3.22. The van der Waals surface area contributed by atoms with Gasteiger partial charge in [-0.15, -0.1) is 0 Å². The number of hydrogen-bond donors (Lipinski definition) is 2. The van der Waals surface area contributed by atoms with Gasteiger partial charge >= 0.3 is 0 Å². The van der Waals surface area contributed by atoms with Gasteiger partial charge in [-0.3, -0.25) is 4.79 Å². The first kappa shape index (κ1) is 12.3. The van der Waals surface area contributed by atoms with Crippen LogP contribution in [-0.4, -0.2) is 19.0 Å². The molecule has 82 valence electrons. The molecule has 0 bridgehead atoms. The van der Waals surface area contributed by atoms with Gasteiger partial charge in [-0.2, -0.15) is 0 Å². The highest BCUT2D eigenvalue weighted by Gasteiger charge is 2.09. The minimum Gasteiger partial charge on any atom is -0.339 e. The largest absolute Gasteiger partial charge is 0.339 e. The Morgan fingerprint density at radius 3 is 2.53 bits per heavy atom. The van der Waals surface area contributed by atoms with E-state index in [-0.39, 0.29) is 5.91 Å². The molecule has 0 radical (unpaired) electrons. The molecule has 0 saturated carbocycles. The monoisotopic (exact) mass is 247 g/mol. The van der Waals surface area contributed by atoms with E-state index in [1.165, 1.54) is 0 Å². The van der Waals surface area contributed by atoms with E-state index in [1.54, 1.807) is 18.2 Å². The first-order valence-electron chi connectivity index (χ1n) is 4.70. The highest BCUT2D eigenvalue weighted by Crippen LogP contribution is 2.29. The lowest BCUT2D eigenvalue weighted by Crippen LogP contribution is -2.85. The molecule has 1 amide bonds. The van der Waals surface area contributed by atoms with Gasteiger partial charge in [-0.25, -0.2) is 0 Å². The topological polar surface area (TPSA) is 45.7 Å². The summed E-state index contributed by atoms with van der Waals surface area (Å²) in [6.07, 6.45) is 0. The normalized spacial score (nSPS) is 10.1. The molecule has 3 N–H and O–H groups in total. The van der Waals surface area contributed by atoms with Crippen LogP contribution in [0.3, 0.4) is 0 Å². The van der Waals surface area contributed by atoms with Crippen molar-refractivity contribution in [3.63, 3.8) is 0 Å². The SMILES string of the molecule is CC[NH2+]CC(=O)Nc1c(Cl)cccc1Cl. The van der Waals surface area contributed by atoms with E-state index in [9.17, 15) is 4.79 Å². The molecule has 0 saturated heterocycles. The maximum absolute atomic E-state index is 11.4. The van der Waals surface area contributed by atoms with E-state index in [0.29, 0.717) is 22.3 Å². The van der Waals surface area contributed by atoms with Crippen molar-refractivity contribution in [2.24, 2.45) is 0 Å². The lowest BCUT2D eigenvalue weighted by atomic mass is 10.3. The van der Waals surface area contributed by atoms with Crippen molar-refractivity contribution in [1.82, 2.24) is 0 Å². The minimum atomic E-state index is -0.105. The number of halogens is 2. The fourth-order valence-electron chi connectivity index (χ4n) is 1.08. The Morgan fingerprint density at radius 1 is 1.40 bits per heavy atom. The highest BCUT2D eigenvalue weighted by molar-refractivity contribution is 6.39. The minimum absolute atomic E-state index is 0.105. The number of benzene rings is 1. The second-order valence-corrected chi connectivity index (χ2v) is 3.86. The predicted octanol–water partition coefficient (Wildman–Crippen LogP) is 1.52. The van der Waals surface area contributed by atoms with Crippen LogP contribution in [-0.2, 0) is 4.79 Å². The second kappa shape index (κ2) is 5.95. The van der Waals surface area contributed by atoms with Crippen LogP contribution >= 0.6 is 23.2 Å². The number of quaternary nitrogens is 1. The lowest BCUT2D eigenvalue weighted by molar-refractivity contribution is -0.640. The van der Waals surface area contributed by atoms with E-state index in [2.05, 4.69) is 5.32 Å². The maximum atomic E-state index is 11.4. The molecular formula is C10H13Cl2N2O+. The Bertz CT molecular complexity index is 335. The third kappa shape index (κ3) is 3.70. The van der Waals surface area contributed by atoms with Crippen molar-refractivity contribution in [3.8, 4) is 0 Å². The standard InChI is InChI=1S/C10H12Cl2N2O/c1-2-13-6-9(15)14-10-7(11)4-3-5-8(10)12/h3-5,13H,2,6H2,1H3,(H,14,15)/p+1. The van der Waals surface area contributed by atoms with Crippen molar-refractivity contribution in [2.75, 3.05) is 18.4 Å². The number of carbonyl (C=O) groups is 1. The van der Waals surface area contributed by atoms with Crippen LogP contribution in [0.25, 0.3) is 0 Å². The zero-order valence-corrected chi connectivity index (χ0v) is 9.90. The van der Waals surface area contributed by atoms with Gasteiger partial charge in [0.1, 0.15) is 0 Å². The van der Waals surface area contributed by atoms with Gasteiger partial charge in [0.15, 0.2) is 6.54 Å². The fourth-order valence-corrected chi connectivity index (χ4v) is 1.58. The summed E-state index contributed by atoms with van der Waals surface area (Å²) in [5.41, 5.74) is 0.482. The van der Waals surface area contributed by atoms with E-state index in [0.717, 1.165) is 6.54 Å². The van der Waals surface area contributed by atoms with Crippen LogP contribution in [0.4, 0.5) is 5.69 Å². The molecule has 0 aliphatic heterocycles. The lowest BCUT2D eigenvalue weighted by Gasteiger charge is -2.07. The van der Waals surface area contributed by atoms with Crippen molar-refractivity contribution in [1.29, 1.82) is 0 Å². The van der Waals surface area contributed by atoms with E-state index >= 15 is 0 Å². The molecule has 1 aromatic carbocycles. The Balaban J connectivity index is 2.68. The second-order valence-electron chi connectivity index (χ2n) is 3.05. The number of anilines is 1. The number of nitrogens with one attached hydrogen (secondary N) is 1. The summed E-state index contributed by atoms with van der Waals surface area (Å²) < 4.78 is 0. The first-order chi connectivity index (χ1) is 7.15. The van der Waals surface area contributed by atoms with Crippen LogP contribution in [0.2, 0.25) is 10.0 Å². The van der Waals surface area contributed by atoms with Gasteiger partial charge in [0.25, 0.3) is 5.91 Å². The number of nitrogens with two attached hydrogens (primary N) is 1. The fraction of sp³-hybridized carbons (Fsp3) is 0.300. The molecule has 1 aromatic rings. The molecule has 3 nitrogen and oxygen atoms in total. The molecule has 0 aromatic heterocycles. The molecule has 0 spiro atoms. The third-order valence-corrected chi connectivity index (χ3v) is 2.48. The van der Waals surface area contributed by atoms with Crippen molar-refractivity contribution in [3.05, 3.63) is 28.2 Å². The average Bonchev–Trinajstić information content (AvgIpc) is 2.21. The summed E-state index contributed by atoms with van der Waals surface area (Å²) >= 11 is 11.8. The quantitative estimate of drug-likeness (QED) is 0.833. The van der Waals surface area contributed by atoms with E-state index < -0.39 is 0 Å². The number of hydrogen-bond acceptors (Lipinski definition) is 1. The van der Waals surface area contributed by atoms with Crippen LogP contribution in [0.1, 0.15) is 6.92 Å². The summed E-state index contributed by atoms with van der Waals surface area (Å²) in [4.78, 5) is 11.4. The Labute approximate surface area is 98.8 Å². The number of rotatable bonds is 4. The molecular weight excluding hydrogens is 235 g/mol. The summed E-state index contributed by atoms with van der Waals surface area (Å²) in [5, 5.41) is 5.47. The molecule has 0 aliphatic rings. The third-order valence-electron chi connectivity index (χ3n) is 1.85. The number of carbonyl (C=O) groups excluding carboxylic acids is 1. The van der Waals surface area contributed by atoms with Crippen molar-refractivity contribution in [2.45, 2.75) is 6.92 Å². The first-order valence-corrected chi connectivity index (χ1v) is 5.46. The summed E-state index contributed by atoms with van der Waals surface area (Å²) in [5.74, 6) is -0.105. The van der Waals surface area contributed by atoms with Gasteiger partial charge in [0.2, 0.25) is 0 Å².